The number of hydrogen-bond acceptors (Lipinski definition) is 3. The zero-order chi connectivity index (χ0) is 27.4. The van der Waals surface area contributed by atoms with Crippen LogP contribution in [-0.4, -0.2) is 18.2 Å². The average molecular weight is 519 g/mol. The maximum absolute atomic E-state index is 14.9. The van der Waals surface area contributed by atoms with Crippen LogP contribution in [0.5, 0.6) is 11.5 Å². The topological polar surface area (TPSA) is 55.8 Å². The molecular weight excluding hydrogens is 479 g/mol. The highest BCUT2D eigenvalue weighted by Gasteiger charge is 2.28. The van der Waals surface area contributed by atoms with E-state index >= 15 is 0 Å². The van der Waals surface area contributed by atoms with Crippen LogP contribution in [0.25, 0.3) is 11.1 Å². The lowest BCUT2D eigenvalue weighted by Gasteiger charge is -2.30. The summed E-state index contributed by atoms with van der Waals surface area (Å²) >= 11 is 0. The SMILES string of the molecule is COc1ccc(F)c(-c2ccc(COc3cccc([C@@H](CC(=O)O)CC4CC4)c3)cc2[C@H](C)C(C)(C)C)c1. The third-order valence-corrected chi connectivity index (χ3v) is 7.82. The van der Waals surface area contributed by atoms with E-state index < -0.39 is 5.97 Å². The molecule has 3 aromatic rings. The lowest BCUT2D eigenvalue weighted by atomic mass is 9.75. The van der Waals surface area contributed by atoms with Gasteiger partial charge in [0, 0.05) is 5.56 Å². The van der Waals surface area contributed by atoms with E-state index in [0.717, 1.165) is 34.4 Å². The van der Waals surface area contributed by atoms with Crippen LogP contribution in [-0.2, 0) is 11.4 Å². The Morgan fingerprint density at radius 1 is 1.03 bits per heavy atom. The van der Waals surface area contributed by atoms with Gasteiger partial charge in [-0.3, -0.25) is 4.79 Å². The first kappa shape index (κ1) is 27.7. The minimum absolute atomic E-state index is 0.000156. The van der Waals surface area contributed by atoms with Crippen molar-refractivity contribution >= 4 is 5.97 Å². The summed E-state index contributed by atoms with van der Waals surface area (Å²) in [6.07, 6.45) is 3.43. The molecule has 3 aromatic carbocycles. The molecule has 38 heavy (non-hydrogen) atoms. The molecule has 4 nitrogen and oxygen atoms in total. The molecule has 0 saturated heterocycles. The zero-order valence-electron chi connectivity index (χ0n) is 23.1. The Balaban J connectivity index is 1.60. The number of carbonyl (C=O) groups is 1. The molecule has 1 aliphatic rings. The van der Waals surface area contributed by atoms with Crippen LogP contribution < -0.4 is 9.47 Å². The van der Waals surface area contributed by atoms with E-state index in [2.05, 4.69) is 33.8 Å². The first-order valence-electron chi connectivity index (χ1n) is 13.5. The van der Waals surface area contributed by atoms with Crippen LogP contribution >= 0.6 is 0 Å². The van der Waals surface area contributed by atoms with Crippen LogP contribution in [0.15, 0.2) is 60.7 Å². The van der Waals surface area contributed by atoms with Crippen molar-refractivity contribution in [2.45, 2.75) is 71.8 Å². The first-order chi connectivity index (χ1) is 18.0. The molecule has 2 atom stereocenters. The molecule has 0 aromatic heterocycles. The number of hydrogen-bond donors (Lipinski definition) is 1. The predicted octanol–water partition coefficient (Wildman–Crippen LogP) is 8.59. The second-order valence-electron chi connectivity index (χ2n) is 11.7. The minimum Gasteiger partial charge on any atom is -0.497 e. The summed E-state index contributed by atoms with van der Waals surface area (Å²) in [5, 5.41) is 9.42. The fraction of sp³-hybridized carbons (Fsp3) is 0.424. The van der Waals surface area contributed by atoms with Crippen molar-refractivity contribution in [1.29, 1.82) is 0 Å². The molecule has 1 aliphatic carbocycles. The molecule has 0 heterocycles. The monoisotopic (exact) mass is 518 g/mol. The van der Waals surface area contributed by atoms with Gasteiger partial charge in [0.2, 0.25) is 0 Å². The fourth-order valence-corrected chi connectivity index (χ4v) is 4.94. The zero-order valence-corrected chi connectivity index (χ0v) is 23.1. The molecule has 0 aliphatic heterocycles. The summed E-state index contributed by atoms with van der Waals surface area (Å²) < 4.78 is 26.5. The highest BCUT2D eigenvalue weighted by molar-refractivity contribution is 5.71. The highest BCUT2D eigenvalue weighted by Crippen LogP contribution is 2.42. The lowest BCUT2D eigenvalue weighted by Crippen LogP contribution is -2.16. The van der Waals surface area contributed by atoms with E-state index in [4.69, 9.17) is 9.47 Å². The molecule has 1 N–H and O–H groups in total. The molecule has 0 amide bonds. The Labute approximate surface area is 225 Å². The van der Waals surface area contributed by atoms with Gasteiger partial charge in [-0.25, -0.2) is 4.39 Å². The van der Waals surface area contributed by atoms with Crippen LogP contribution in [0.3, 0.4) is 0 Å². The first-order valence-corrected chi connectivity index (χ1v) is 13.5. The molecule has 0 radical (unpaired) electrons. The molecule has 1 fully saturated rings. The van der Waals surface area contributed by atoms with E-state index in [1.54, 1.807) is 19.2 Å². The third-order valence-electron chi connectivity index (χ3n) is 7.82. The quantitative estimate of drug-likeness (QED) is 0.276. The Bertz CT molecular complexity index is 1270. The maximum Gasteiger partial charge on any atom is 0.303 e. The Morgan fingerprint density at radius 3 is 2.45 bits per heavy atom. The summed E-state index contributed by atoms with van der Waals surface area (Å²) in [7, 11) is 1.58. The van der Waals surface area contributed by atoms with Crippen molar-refractivity contribution in [3.63, 3.8) is 0 Å². The van der Waals surface area contributed by atoms with Crippen LogP contribution in [0.4, 0.5) is 4.39 Å². The van der Waals surface area contributed by atoms with E-state index in [0.29, 0.717) is 23.8 Å². The number of carboxylic acids is 1. The van der Waals surface area contributed by atoms with Crippen molar-refractivity contribution in [2.75, 3.05) is 7.11 Å². The van der Waals surface area contributed by atoms with E-state index in [1.165, 1.54) is 18.9 Å². The summed E-state index contributed by atoms with van der Waals surface area (Å²) in [5.41, 5.74) is 4.42. The minimum atomic E-state index is -0.768. The summed E-state index contributed by atoms with van der Waals surface area (Å²) in [6.45, 7) is 9.10. The van der Waals surface area contributed by atoms with Gasteiger partial charge < -0.3 is 14.6 Å². The standard InChI is InChI=1S/C33H39FO4/c1-21(33(2,3)4)29-16-23(11-13-28(29)30-19-26(37-5)12-14-31(30)34)20-38-27-8-6-7-24(17-27)25(18-32(35)36)15-22-9-10-22/h6-8,11-14,16-17,19,21-22,25H,9-10,15,18,20H2,1-5H3,(H,35,36)/t21-,25+/m0/s1. The van der Waals surface area contributed by atoms with Gasteiger partial charge >= 0.3 is 5.97 Å². The number of rotatable bonds is 11. The van der Waals surface area contributed by atoms with Gasteiger partial charge in [-0.05, 0) is 82.2 Å². The highest BCUT2D eigenvalue weighted by atomic mass is 19.1. The molecule has 0 spiro atoms. The third kappa shape index (κ3) is 6.94. The van der Waals surface area contributed by atoms with E-state index in [9.17, 15) is 14.3 Å². The number of halogens is 1. The molecule has 1 saturated carbocycles. The van der Waals surface area contributed by atoms with Gasteiger partial charge in [-0.15, -0.1) is 0 Å². The van der Waals surface area contributed by atoms with Crippen molar-refractivity contribution in [3.8, 4) is 22.6 Å². The number of carboxylic acid groups (broad SMARTS) is 1. The van der Waals surface area contributed by atoms with Crippen LogP contribution in [0.2, 0.25) is 0 Å². The van der Waals surface area contributed by atoms with Crippen molar-refractivity contribution in [1.82, 2.24) is 0 Å². The largest absolute Gasteiger partial charge is 0.497 e. The van der Waals surface area contributed by atoms with Crippen molar-refractivity contribution in [2.24, 2.45) is 11.3 Å². The van der Waals surface area contributed by atoms with Gasteiger partial charge in [-0.2, -0.15) is 0 Å². The molecule has 0 bridgehead atoms. The Kier molecular flexibility index (Phi) is 8.44. The maximum atomic E-state index is 14.9. The number of aliphatic carboxylic acids is 1. The molecule has 4 rings (SSSR count). The van der Waals surface area contributed by atoms with Gasteiger partial charge in [-0.1, -0.05) is 70.9 Å². The number of benzene rings is 3. The van der Waals surface area contributed by atoms with Gasteiger partial charge in [0.05, 0.1) is 13.5 Å². The van der Waals surface area contributed by atoms with E-state index in [1.807, 2.05) is 36.4 Å². The molecule has 0 unspecified atom stereocenters. The summed E-state index contributed by atoms with van der Waals surface area (Å²) in [5.74, 6) is 1.09. The Hall–Kier alpha value is -3.34. The van der Waals surface area contributed by atoms with Crippen molar-refractivity contribution < 1.29 is 23.8 Å². The predicted molar refractivity (Wildman–Crippen MR) is 149 cm³/mol. The molecule has 202 valence electrons. The van der Waals surface area contributed by atoms with Gasteiger partial charge in [0.15, 0.2) is 0 Å². The van der Waals surface area contributed by atoms with Crippen molar-refractivity contribution in [3.05, 3.63) is 83.2 Å². The Morgan fingerprint density at radius 2 is 1.79 bits per heavy atom. The van der Waals surface area contributed by atoms with Gasteiger partial charge in [0.1, 0.15) is 23.9 Å². The smallest absolute Gasteiger partial charge is 0.303 e. The average Bonchev–Trinajstić information content (AvgIpc) is 3.70. The normalized spacial score (nSPS) is 15.1. The number of methoxy groups -OCH3 is 1. The molecule has 5 heteroatoms. The van der Waals surface area contributed by atoms with Crippen LogP contribution in [0, 0.1) is 17.2 Å². The van der Waals surface area contributed by atoms with E-state index in [-0.39, 0.29) is 29.5 Å². The lowest BCUT2D eigenvalue weighted by molar-refractivity contribution is -0.137. The molecular formula is C33H39FO4. The van der Waals surface area contributed by atoms with Gasteiger partial charge in [0.25, 0.3) is 0 Å². The summed E-state index contributed by atoms with van der Waals surface area (Å²) in [6, 6.07) is 18.7. The second-order valence-corrected chi connectivity index (χ2v) is 11.7. The fourth-order valence-electron chi connectivity index (χ4n) is 4.94. The number of ether oxygens (including phenoxy) is 2. The second kappa shape index (κ2) is 11.6. The van der Waals surface area contributed by atoms with Crippen LogP contribution in [0.1, 0.15) is 81.9 Å². The summed E-state index contributed by atoms with van der Waals surface area (Å²) in [4.78, 5) is 11.5.